The standard InChI is InChI=1S/C19H17N3O3/c1-13-9-10-15(22(24)25)11-18(13)20-12-19(23)21-17-8-4-6-14-5-2-3-7-16(14)17/h2-11,20H,12H2,1H3,(H,21,23). The van der Waals surface area contributed by atoms with Crippen molar-refractivity contribution in [1.29, 1.82) is 0 Å². The van der Waals surface area contributed by atoms with Gasteiger partial charge < -0.3 is 10.6 Å². The molecule has 0 spiro atoms. The summed E-state index contributed by atoms with van der Waals surface area (Å²) in [4.78, 5) is 22.7. The van der Waals surface area contributed by atoms with Gasteiger partial charge in [0.05, 0.1) is 11.5 Å². The van der Waals surface area contributed by atoms with E-state index in [1.54, 1.807) is 6.07 Å². The normalized spacial score (nSPS) is 10.4. The Labute approximate surface area is 144 Å². The fourth-order valence-corrected chi connectivity index (χ4v) is 2.62. The van der Waals surface area contributed by atoms with Crippen molar-refractivity contribution in [2.24, 2.45) is 0 Å². The second-order valence-corrected chi connectivity index (χ2v) is 5.68. The van der Waals surface area contributed by atoms with Crippen LogP contribution in [0.4, 0.5) is 17.1 Å². The molecule has 0 aliphatic heterocycles. The van der Waals surface area contributed by atoms with Crippen molar-refractivity contribution in [3.8, 4) is 0 Å². The summed E-state index contributed by atoms with van der Waals surface area (Å²) < 4.78 is 0. The lowest BCUT2D eigenvalue weighted by atomic mass is 10.1. The van der Waals surface area contributed by atoms with Crippen LogP contribution in [0.1, 0.15) is 5.56 Å². The van der Waals surface area contributed by atoms with E-state index < -0.39 is 4.92 Å². The highest BCUT2D eigenvalue weighted by atomic mass is 16.6. The third kappa shape index (κ3) is 3.74. The van der Waals surface area contributed by atoms with Crippen LogP contribution in [0.5, 0.6) is 0 Å². The smallest absolute Gasteiger partial charge is 0.271 e. The van der Waals surface area contributed by atoms with E-state index in [1.165, 1.54) is 12.1 Å². The average molecular weight is 335 g/mol. The fraction of sp³-hybridized carbons (Fsp3) is 0.105. The Balaban J connectivity index is 1.71. The van der Waals surface area contributed by atoms with Crippen molar-refractivity contribution in [2.45, 2.75) is 6.92 Å². The zero-order chi connectivity index (χ0) is 17.8. The summed E-state index contributed by atoms with van der Waals surface area (Å²) in [6.45, 7) is 1.85. The zero-order valence-corrected chi connectivity index (χ0v) is 13.7. The van der Waals surface area contributed by atoms with Crippen LogP contribution < -0.4 is 10.6 Å². The van der Waals surface area contributed by atoms with E-state index in [9.17, 15) is 14.9 Å². The Hall–Kier alpha value is -3.41. The molecule has 1 amide bonds. The van der Waals surface area contributed by atoms with E-state index in [-0.39, 0.29) is 18.1 Å². The van der Waals surface area contributed by atoms with Crippen LogP contribution in [0.15, 0.2) is 60.7 Å². The highest BCUT2D eigenvalue weighted by Crippen LogP contribution is 2.24. The van der Waals surface area contributed by atoms with Gasteiger partial charge in [0.25, 0.3) is 5.69 Å². The van der Waals surface area contributed by atoms with Crippen LogP contribution in [-0.2, 0) is 4.79 Å². The number of carbonyl (C=O) groups is 1. The summed E-state index contributed by atoms with van der Waals surface area (Å²) >= 11 is 0. The number of benzene rings is 3. The highest BCUT2D eigenvalue weighted by molar-refractivity contribution is 6.03. The Morgan fingerprint density at radius 1 is 1.04 bits per heavy atom. The van der Waals surface area contributed by atoms with Crippen LogP contribution in [-0.4, -0.2) is 17.4 Å². The Bertz CT molecular complexity index is 948. The molecule has 2 N–H and O–H groups in total. The molecular weight excluding hydrogens is 318 g/mol. The molecule has 0 saturated heterocycles. The predicted molar refractivity (Wildman–Crippen MR) is 98.9 cm³/mol. The Morgan fingerprint density at radius 2 is 1.80 bits per heavy atom. The topological polar surface area (TPSA) is 84.3 Å². The highest BCUT2D eigenvalue weighted by Gasteiger charge is 2.10. The molecule has 0 atom stereocenters. The summed E-state index contributed by atoms with van der Waals surface area (Å²) in [5.41, 5.74) is 2.13. The minimum Gasteiger partial charge on any atom is -0.376 e. The average Bonchev–Trinajstić information content (AvgIpc) is 2.61. The molecule has 6 nitrogen and oxygen atoms in total. The summed E-state index contributed by atoms with van der Waals surface area (Å²) in [6, 6.07) is 18.0. The molecule has 0 fully saturated rings. The van der Waals surface area contributed by atoms with E-state index >= 15 is 0 Å². The number of anilines is 2. The minimum absolute atomic E-state index is 0.0115. The number of hydrogen-bond donors (Lipinski definition) is 2. The maximum atomic E-state index is 12.3. The van der Waals surface area contributed by atoms with Gasteiger partial charge in [-0.1, -0.05) is 42.5 Å². The molecule has 0 radical (unpaired) electrons. The number of nitro groups is 1. The third-order valence-electron chi connectivity index (χ3n) is 3.94. The number of hydrogen-bond acceptors (Lipinski definition) is 4. The van der Waals surface area contributed by atoms with E-state index in [0.29, 0.717) is 5.69 Å². The third-order valence-corrected chi connectivity index (χ3v) is 3.94. The summed E-state index contributed by atoms with van der Waals surface area (Å²) in [7, 11) is 0. The Kier molecular flexibility index (Phi) is 4.61. The van der Waals surface area contributed by atoms with Crippen molar-refractivity contribution >= 4 is 33.7 Å². The van der Waals surface area contributed by atoms with Gasteiger partial charge in [0.2, 0.25) is 5.91 Å². The minimum atomic E-state index is -0.458. The first-order valence-electron chi connectivity index (χ1n) is 7.81. The van der Waals surface area contributed by atoms with Gasteiger partial charge in [-0.25, -0.2) is 0 Å². The van der Waals surface area contributed by atoms with Crippen molar-refractivity contribution < 1.29 is 9.72 Å². The number of nitrogens with one attached hydrogen (secondary N) is 2. The first kappa shape index (κ1) is 16.4. The lowest BCUT2D eigenvalue weighted by molar-refractivity contribution is -0.384. The van der Waals surface area contributed by atoms with Crippen molar-refractivity contribution in [3.05, 3.63) is 76.3 Å². The quantitative estimate of drug-likeness (QED) is 0.543. The van der Waals surface area contributed by atoms with Gasteiger partial charge in [-0.05, 0) is 23.9 Å². The second kappa shape index (κ2) is 7.00. The van der Waals surface area contributed by atoms with Crippen LogP contribution in [0.2, 0.25) is 0 Å². The molecule has 25 heavy (non-hydrogen) atoms. The lowest BCUT2D eigenvalue weighted by Crippen LogP contribution is -2.22. The number of non-ortho nitro benzene ring substituents is 1. The van der Waals surface area contributed by atoms with E-state index in [1.807, 2.05) is 49.4 Å². The lowest BCUT2D eigenvalue weighted by Gasteiger charge is -2.11. The molecule has 126 valence electrons. The summed E-state index contributed by atoms with van der Waals surface area (Å²) in [5.74, 6) is -0.220. The second-order valence-electron chi connectivity index (χ2n) is 5.68. The number of nitro benzene ring substituents is 1. The predicted octanol–water partition coefficient (Wildman–Crippen LogP) is 4.11. The SMILES string of the molecule is Cc1ccc([N+](=O)[O-])cc1NCC(=O)Nc1cccc2ccccc12. The zero-order valence-electron chi connectivity index (χ0n) is 13.7. The molecular formula is C19H17N3O3. The van der Waals surface area contributed by atoms with E-state index in [2.05, 4.69) is 10.6 Å². The first-order valence-corrected chi connectivity index (χ1v) is 7.81. The van der Waals surface area contributed by atoms with Gasteiger partial charge in [-0.3, -0.25) is 14.9 Å². The van der Waals surface area contributed by atoms with Crippen molar-refractivity contribution in [2.75, 3.05) is 17.2 Å². The first-order chi connectivity index (χ1) is 12.0. The maximum Gasteiger partial charge on any atom is 0.271 e. The van der Waals surface area contributed by atoms with Gasteiger partial charge in [0.15, 0.2) is 0 Å². The van der Waals surface area contributed by atoms with Gasteiger partial charge in [0, 0.05) is 28.9 Å². The molecule has 3 aromatic rings. The maximum absolute atomic E-state index is 12.3. The monoisotopic (exact) mass is 335 g/mol. The summed E-state index contributed by atoms with van der Waals surface area (Å²) in [5, 5.41) is 18.7. The number of fused-ring (bicyclic) bond motifs is 1. The Morgan fingerprint density at radius 3 is 2.60 bits per heavy atom. The molecule has 0 heterocycles. The van der Waals surface area contributed by atoms with Crippen LogP contribution in [0.3, 0.4) is 0 Å². The van der Waals surface area contributed by atoms with Gasteiger partial charge in [0.1, 0.15) is 0 Å². The van der Waals surface area contributed by atoms with E-state index in [0.717, 1.165) is 22.0 Å². The molecule has 3 aromatic carbocycles. The van der Waals surface area contributed by atoms with E-state index in [4.69, 9.17) is 0 Å². The molecule has 0 aliphatic carbocycles. The molecule has 6 heteroatoms. The molecule has 0 unspecified atom stereocenters. The largest absolute Gasteiger partial charge is 0.376 e. The molecule has 3 rings (SSSR count). The van der Waals surface area contributed by atoms with Crippen LogP contribution in [0.25, 0.3) is 10.8 Å². The van der Waals surface area contributed by atoms with Gasteiger partial charge >= 0.3 is 0 Å². The van der Waals surface area contributed by atoms with Crippen molar-refractivity contribution in [3.63, 3.8) is 0 Å². The van der Waals surface area contributed by atoms with Gasteiger partial charge in [-0.2, -0.15) is 0 Å². The number of aryl methyl sites for hydroxylation is 1. The van der Waals surface area contributed by atoms with Crippen LogP contribution in [0, 0.1) is 17.0 Å². The van der Waals surface area contributed by atoms with Crippen molar-refractivity contribution in [1.82, 2.24) is 0 Å². The summed E-state index contributed by atoms with van der Waals surface area (Å²) in [6.07, 6.45) is 0. The van der Waals surface area contributed by atoms with Crippen LogP contribution >= 0.6 is 0 Å². The molecule has 0 saturated carbocycles. The van der Waals surface area contributed by atoms with Gasteiger partial charge in [-0.15, -0.1) is 0 Å². The molecule has 0 aliphatic rings. The molecule has 0 bridgehead atoms. The number of amides is 1. The fourth-order valence-electron chi connectivity index (χ4n) is 2.62. The number of carbonyl (C=O) groups excluding carboxylic acids is 1. The molecule has 0 aromatic heterocycles. The number of rotatable bonds is 5. The number of nitrogens with zero attached hydrogens (tertiary/aromatic N) is 1.